The quantitative estimate of drug-likeness (QED) is 0.792. The average molecular weight is 376 g/mol. The van der Waals surface area contributed by atoms with Gasteiger partial charge in [0.2, 0.25) is 10.0 Å². The minimum atomic E-state index is -3.71. The summed E-state index contributed by atoms with van der Waals surface area (Å²) >= 11 is 3.24. The van der Waals surface area contributed by atoms with Gasteiger partial charge in [0, 0.05) is 10.5 Å². The average Bonchev–Trinajstić information content (AvgIpc) is 2.63. The van der Waals surface area contributed by atoms with Crippen LogP contribution < -0.4 is 4.72 Å². The molecule has 21 heavy (non-hydrogen) atoms. The summed E-state index contributed by atoms with van der Waals surface area (Å²) in [6, 6.07) is 5.84. The smallest absolute Gasteiger partial charge is 0.308 e. The van der Waals surface area contributed by atoms with Gasteiger partial charge in [0.25, 0.3) is 0 Å². The number of sulfonamides is 1. The highest BCUT2D eigenvalue weighted by atomic mass is 79.9. The van der Waals surface area contributed by atoms with Gasteiger partial charge in [0.1, 0.15) is 0 Å². The Kier molecular flexibility index (Phi) is 5.40. The largest absolute Gasteiger partial charge is 0.481 e. The maximum atomic E-state index is 12.4. The first kappa shape index (κ1) is 16.5. The van der Waals surface area contributed by atoms with Gasteiger partial charge in [-0.1, -0.05) is 41.3 Å². The van der Waals surface area contributed by atoms with Crippen molar-refractivity contribution in [3.8, 4) is 0 Å². The molecule has 5 nitrogen and oxygen atoms in total. The second-order valence-electron chi connectivity index (χ2n) is 5.27. The van der Waals surface area contributed by atoms with Gasteiger partial charge in [-0.2, -0.15) is 0 Å². The highest BCUT2D eigenvalue weighted by Crippen LogP contribution is 2.26. The summed E-state index contributed by atoms with van der Waals surface area (Å²) in [6.45, 7) is 0. The zero-order valence-corrected chi connectivity index (χ0v) is 13.9. The van der Waals surface area contributed by atoms with Crippen LogP contribution in [-0.4, -0.2) is 25.5 Å². The summed E-state index contributed by atoms with van der Waals surface area (Å²) < 4.78 is 28.1. The summed E-state index contributed by atoms with van der Waals surface area (Å²) in [5.74, 6) is -1.59. The summed E-state index contributed by atoms with van der Waals surface area (Å²) in [4.78, 5) is 11.5. The molecule has 1 aromatic carbocycles. The molecule has 1 aliphatic carbocycles. The Labute approximate surface area is 132 Å². The highest BCUT2D eigenvalue weighted by Gasteiger charge is 2.32. The zero-order chi connectivity index (χ0) is 15.5. The predicted octanol–water partition coefficient (Wildman–Crippen LogP) is 2.76. The van der Waals surface area contributed by atoms with Crippen LogP contribution in [0.2, 0.25) is 0 Å². The molecule has 0 heterocycles. The standard InChI is InChI=1S/C14H18BrNO4S/c15-10-5-4-6-11(9-10)21(19,20)16-13-8-3-1-2-7-12(13)14(17)18/h4-6,9,12-13,16H,1-3,7-8H2,(H,17,18). The molecule has 2 unspecified atom stereocenters. The SMILES string of the molecule is O=C(O)C1CCCCCC1NS(=O)(=O)c1cccc(Br)c1. The second kappa shape index (κ2) is 6.89. The Hall–Kier alpha value is -0.920. The second-order valence-corrected chi connectivity index (χ2v) is 7.90. The van der Waals surface area contributed by atoms with Crippen molar-refractivity contribution >= 4 is 31.9 Å². The minimum absolute atomic E-state index is 0.144. The van der Waals surface area contributed by atoms with Crippen LogP contribution in [0.3, 0.4) is 0 Å². The van der Waals surface area contributed by atoms with Gasteiger partial charge in [-0.3, -0.25) is 4.79 Å². The number of hydrogen-bond acceptors (Lipinski definition) is 3. The first-order valence-electron chi connectivity index (χ1n) is 6.91. The molecule has 2 atom stereocenters. The maximum absolute atomic E-state index is 12.4. The first-order valence-corrected chi connectivity index (χ1v) is 9.18. The Balaban J connectivity index is 2.23. The summed E-state index contributed by atoms with van der Waals surface area (Å²) in [6.07, 6.45) is 3.69. The number of halogens is 1. The molecule has 0 amide bonds. The topological polar surface area (TPSA) is 83.5 Å². The van der Waals surface area contributed by atoms with Crippen LogP contribution in [-0.2, 0) is 14.8 Å². The van der Waals surface area contributed by atoms with Gasteiger partial charge >= 0.3 is 5.97 Å². The third-order valence-corrected chi connectivity index (χ3v) is 5.73. The minimum Gasteiger partial charge on any atom is -0.481 e. The zero-order valence-electron chi connectivity index (χ0n) is 11.5. The molecule has 0 radical (unpaired) electrons. The fraction of sp³-hybridized carbons (Fsp3) is 0.500. The van der Waals surface area contributed by atoms with E-state index in [1.54, 1.807) is 12.1 Å². The van der Waals surface area contributed by atoms with Crippen molar-refractivity contribution in [2.24, 2.45) is 5.92 Å². The van der Waals surface area contributed by atoms with Crippen molar-refractivity contribution in [1.82, 2.24) is 4.72 Å². The van der Waals surface area contributed by atoms with E-state index in [4.69, 9.17) is 0 Å². The molecule has 1 fully saturated rings. The summed E-state index contributed by atoms with van der Waals surface area (Å²) in [5.41, 5.74) is 0. The molecule has 0 aliphatic heterocycles. The number of nitrogens with one attached hydrogen (secondary N) is 1. The van der Waals surface area contributed by atoms with Gasteiger partial charge < -0.3 is 5.11 Å². The van der Waals surface area contributed by atoms with Crippen LogP contribution in [0, 0.1) is 5.92 Å². The van der Waals surface area contributed by atoms with E-state index in [9.17, 15) is 18.3 Å². The fourth-order valence-electron chi connectivity index (χ4n) is 2.65. The monoisotopic (exact) mass is 375 g/mol. The molecule has 7 heteroatoms. The fourth-order valence-corrected chi connectivity index (χ4v) is 4.55. The first-order chi connectivity index (χ1) is 9.90. The molecular formula is C14H18BrNO4S. The van der Waals surface area contributed by atoms with Crippen molar-refractivity contribution in [1.29, 1.82) is 0 Å². The van der Waals surface area contributed by atoms with Crippen LogP contribution in [0.4, 0.5) is 0 Å². The van der Waals surface area contributed by atoms with Crippen LogP contribution in [0.5, 0.6) is 0 Å². The number of benzene rings is 1. The Morgan fingerprint density at radius 2 is 1.95 bits per heavy atom. The summed E-state index contributed by atoms with van der Waals surface area (Å²) in [7, 11) is -3.71. The van der Waals surface area contributed by atoms with Gasteiger partial charge in [0.15, 0.2) is 0 Å². The molecule has 2 rings (SSSR count). The Bertz CT molecular complexity index is 617. The van der Waals surface area contributed by atoms with Gasteiger partial charge in [0.05, 0.1) is 10.8 Å². The van der Waals surface area contributed by atoms with Crippen LogP contribution in [0.25, 0.3) is 0 Å². The van der Waals surface area contributed by atoms with E-state index in [2.05, 4.69) is 20.7 Å². The van der Waals surface area contributed by atoms with E-state index in [0.29, 0.717) is 17.3 Å². The van der Waals surface area contributed by atoms with Gasteiger partial charge in [-0.15, -0.1) is 0 Å². The predicted molar refractivity (Wildman–Crippen MR) is 82.5 cm³/mol. The van der Waals surface area contributed by atoms with Gasteiger partial charge in [-0.25, -0.2) is 13.1 Å². The molecule has 0 saturated heterocycles. The van der Waals surface area contributed by atoms with E-state index in [1.165, 1.54) is 12.1 Å². The number of carboxylic acid groups (broad SMARTS) is 1. The molecule has 1 aromatic rings. The third-order valence-electron chi connectivity index (χ3n) is 3.75. The van der Waals surface area contributed by atoms with Crippen molar-refractivity contribution in [2.75, 3.05) is 0 Å². The molecule has 0 spiro atoms. The molecule has 116 valence electrons. The van der Waals surface area contributed by atoms with Crippen LogP contribution in [0.1, 0.15) is 32.1 Å². The van der Waals surface area contributed by atoms with Crippen molar-refractivity contribution < 1.29 is 18.3 Å². The number of carboxylic acids is 1. The number of aliphatic carboxylic acids is 1. The lowest BCUT2D eigenvalue weighted by molar-refractivity contribution is -0.142. The van der Waals surface area contributed by atoms with Crippen LogP contribution in [0.15, 0.2) is 33.6 Å². The molecule has 0 aromatic heterocycles. The molecule has 0 bridgehead atoms. The lowest BCUT2D eigenvalue weighted by Gasteiger charge is -2.22. The van der Waals surface area contributed by atoms with E-state index in [-0.39, 0.29) is 4.90 Å². The van der Waals surface area contributed by atoms with Crippen LogP contribution >= 0.6 is 15.9 Å². The normalized spacial score (nSPS) is 23.5. The maximum Gasteiger partial charge on any atom is 0.308 e. The lowest BCUT2D eigenvalue weighted by atomic mass is 9.96. The highest BCUT2D eigenvalue weighted by molar-refractivity contribution is 9.10. The molecule has 1 aliphatic rings. The van der Waals surface area contributed by atoms with Gasteiger partial charge in [-0.05, 0) is 31.0 Å². The Morgan fingerprint density at radius 1 is 1.24 bits per heavy atom. The molecule has 2 N–H and O–H groups in total. The number of rotatable bonds is 4. The van der Waals surface area contributed by atoms with Crippen molar-refractivity contribution in [3.63, 3.8) is 0 Å². The van der Waals surface area contributed by atoms with Crippen molar-refractivity contribution in [2.45, 2.75) is 43.0 Å². The third kappa shape index (κ3) is 4.28. The van der Waals surface area contributed by atoms with E-state index < -0.39 is 28.0 Å². The molecule has 1 saturated carbocycles. The van der Waals surface area contributed by atoms with E-state index >= 15 is 0 Å². The molecular weight excluding hydrogens is 358 g/mol. The summed E-state index contributed by atoms with van der Waals surface area (Å²) in [5, 5.41) is 9.30. The van der Waals surface area contributed by atoms with E-state index in [0.717, 1.165) is 19.3 Å². The van der Waals surface area contributed by atoms with E-state index in [1.807, 2.05) is 0 Å². The lowest BCUT2D eigenvalue weighted by Crippen LogP contribution is -2.42. The Morgan fingerprint density at radius 3 is 2.62 bits per heavy atom. The number of hydrogen-bond donors (Lipinski definition) is 2. The number of carbonyl (C=O) groups is 1. The van der Waals surface area contributed by atoms with Crippen molar-refractivity contribution in [3.05, 3.63) is 28.7 Å².